The third kappa shape index (κ3) is 1.26. The zero-order valence-corrected chi connectivity index (χ0v) is 5.34. The highest BCUT2D eigenvalue weighted by atomic mass is 35.5. The topological polar surface area (TPSA) is 56.0 Å². The fourth-order valence-corrected chi connectivity index (χ4v) is 0.452. The molecule has 0 bridgehead atoms. The third-order valence-corrected chi connectivity index (χ3v) is 0.856. The van der Waals surface area contributed by atoms with Gasteiger partial charge in [0.05, 0.1) is 0 Å². The van der Waals surface area contributed by atoms with E-state index in [9.17, 15) is 4.79 Å². The Morgan fingerprint density at radius 1 is 1.67 bits per heavy atom. The molecule has 0 aliphatic rings. The lowest BCUT2D eigenvalue weighted by Crippen LogP contribution is -1.86. The van der Waals surface area contributed by atoms with Gasteiger partial charge in [0.25, 0.3) is 0 Å². The molecule has 1 rings (SSSR count). The molecule has 0 radical (unpaired) electrons. The van der Waals surface area contributed by atoms with Crippen LogP contribution in [-0.2, 0) is 0 Å². The zero-order chi connectivity index (χ0) is 6.85. The van der Waals surface area contributed by atoms with Crippen LogP contribution in [0.25, 0.3) is 0 Å². The molecule has 0 unspecified atom stereocenters. The molecule has 0 fully saturated rings. The van der Waals surface area contributed by atoms with Gasteiger partial charge >= 0.3 is 11.1 Å². The molecule has 0 amide bonds. The number of nitrogens with zero attached hydrogens (tertiary/aromatic N) is 2. The number of carbonyl (C=O) groups is 1. The molecule has 0 spiro atoms. The predicted molar refractivity (Wildman–Crippen MR) is 29.2 cm³/mol. The van der Waals surface area contributed by atoms with E-state index in [4.69, 9.17) is 11.6 Å². The van der Waals surface area contributed by atoms with Crippen molar-refractivity contribution in [2.24, 2.45) is 0 Å². The average molecular weight is 147 g/mol. The van der Waals surface area contributed by atoms with Crippen molar-refractivity contribution < 1.29 is 9.21 Å². The van der Waals surface area contributed by atoms with Gasteiger partial charge in [-0.15, -0.1) is 10.2 Å². The summed E-state index contributed by atoms with van der Waals surface area (Å²) >= 11 is 4.98. The minimum Gasteiger partial charge on any atom is -0.418 e. The van der Waals surface area contributed by atoms with Gasteiger partial charge in [0, 0.05) is 6.92 Å². The molecule has 48 valence electrons. The highest BCUT2D eigenvalue weighted by Crippen LogP contribution is 2.00. The molecular weight excluding hydrogens is 144 g/mol. The Hall–Kier alpha value is -0.900. The number of aryl methyl sites for hydroxylation is 1. The molecule has 1 aromatic rings. The summed E-state index contributed by atoms with van der Waals surface area (Å²) in [5.74, 6) is 0.174. The summed E-state index contributed by atoms with van der Waals surface area (Å²) in [5, 5.41) is 6.01. The lowest BCUT2D eigenvalue weighted by molar-refractivity contribution is 0.105. The van der Waals surface area contributed by atoms with E-state index in [1.54, 1.807) is 6.92 Å². The summed E-state index contributed by atoms with van der Waals surface area (Å²) in [5.41, 5.74) is 0. The van der Waals surface area contributed by atoms with Gasteiger partial charge in [-0.2, -0.15) is 0 Å². The first-order valence-electron chi connectivity index (χ1n) is 2.20. The van der Waals surface area contributed by atoms with E-state index in [0.29, 0.717) is 5.89 Å². The second-order valence-corrected chi connectivity index (χ2v) is 1.74. The van der Waals surface area contributed by atoms with Crippen LogP contribution < -0.4 is 0 Å². The largest absolute Gasteiger partial charge is 0.418 e. The van der Waals surface area contributed by atoms with E-state index >= 15 is 0 Å². The maximum absolute atomic E-state index is 10.2. The van der Waals surface area contributed by atoms with Crippen LogP contribution in [0.2, 0.25) is 0 Å². The van der Waals surface area contributed by atoms with Gasteiger partial charge in [-0.1, -0.05) is 0 Å². The van der Waals surface area contributed by atoms with E-state index < -0.39 is 5.24 Å². The molecule has 0 saturated carbocycles. The molecule has 1 heterocycles. The minimum atomic E-state index is -0.726. The van der Waals surface area contributed by atoms with Crippen LogP contribution in [0.5, 0.6) is 0 Å². The van der Waals surface area contributed by atoms with Crippen LogP contribution >= 0.6 is 11.6 Å². The maximum atomic E-state index is 10.2. The zero-order valence-electron chi connectivity index (χ0n) is 4.59. The van der Waals surface area contributed by atoms with E-state index in [-0.39, 0.29) is 5.89 Å². The fraction of sp³-hybridized carbons (Fsp3) is 0.250. The second-order valence-electron chi connectivity index (χ2n) is 1.40. The molecule has 0 aromatic carbocycles. The number of aromatic nitrogens is 2. The Kier molecular flexibility index (Phi) is 1.48. The standard InChI is InChI=1S/C4H3ClN2O2/c1-2-6-7-4(9-2)3(5)8/h1H3. The van der Waals surface area contributed by atoms with Crippen molar-refractivity contribution in [3.63, 3.8) is 0 Å². The quantitative estimate of drug-likeness (QED) is 0.549. The molecule has 0 aliphatic heterocycles. The first-order valence-corrected chi connectivity index (χ1v) is 2.58. The predicted octanol–water partition coefficient (Wildman–Crippen LogP) is 0.757. The molecule has 9 heavy (non-hydrogen) atoms. The molecule has 1 aromatic heterocycles. The summed E-state index contributed by atoms with van der Waals surface area (Å²) in [6, 6.07) is 0. The SMILES string of the molecule is Cc1nnc(C(=O)Cl)o1. The Morgan fingerprint density at radius 2 is 2.33 bits per heavy atom. The van der Waals surface area contributed by atoms with Gasteiger partial charge in [0.1, 0.15) is 0 Å². The number of rotatable bonds is 1. The van der Waals surface area contributed by atoms with Gasteiger partial charge in [-0.25, -0.2) is 0 Å². The van der Waals surface area contributed by atoms with Crippen molar-refractivity contribution in [3.8, 4) is 0 Å². The van der Waals surface area contributed by atoms with E-state index in [1.165, 1.54) is 0 Å². The molecule has 0 N–H and O–H groups in total. The Bertz CT molecular complexity index is 232. The van der Waals surface area contributed by atoms with Crippen molar-refractivity contribution in [2.75, 3.05) is 0 Å². The smallest absolute Gasteiger partial charge is 0.309 e. The van der Waals surface area contributed by atoms with Crippen molar-refractivity contribution in [3.05, 3.63) is 11.8 Å². The lowest BCUT2D eigenvalue weighted by Gasteiger charge is -1.75. The highest BCUT2D eigenvalue weighted by molar-refractivity contribution is 6.67. The van der Waals surface area contributed by atoms with E-state index in [2.05, 4.69) is 14.6 Å². The van der Waals surface area contributed by atoms with Crippen LogP contribution in [0.15, 0.2) is 4.42 Å². The normalized spacial score (nSPS) is 9.56. The number of carbonyl (C=O) groups excluding carboxylic acids is 1. The maximum Gasteiger partial charge on any atom is 0.309 e. The van der Waals surface area contributed by atoms with Crippen LogP contribution in [0.1, 0.15) is 16.6 Å². The van der Waals surface area contributed by atoms with Crippen LogP contribution in [0.3, 0.4) is 0 Å². The lowest BCUT2D eigenvalue weighted by atomic mass is 10.7. The summed E-state index contributed by atoms with van der Waals surface area (Å²) in [4.78, 5) is 10.2. The first-order chi connectivity index (χ1) is 4.20. The van der Waals surface area contributed by atoms with Crippen molar-refractivity contribution in [1.29, 1.82) is 0 Å². The summed E-state index contributed by atoms with van der Waals surface area (Å²) in [7, 11) is 0. The molecular formula is C4H3ClN2O2. The molecule has 0 aliphatic carbocycles. The van der Waals surface area contributed by atoms with Gasteiger partial charge in [-0.05, 0) is 11.6 Å². The first kappa shape index (κ1) is 6.22. The molecule has 4 nitrogen and oxygen atoms in total. The van der Waals surface area contributed by atoms with Crippen molar-refractivity contribution in [1.82, 2.24) is 10.2 Å². The highest BCUT2D eigenvalue weighted by Gasteiger charge is 2.08. The van der Waals surface area contributed by atoms with Crippen LogP contribution in [0, 0.1) is 6.92 Å². The Labute approximate surface area is 55.8 Å². The summed E-state index contributed by atoms with van der Waals surface area (Å²) in [6.45, 7) is 1.58. The minimum absolute atomic E-state index is 0.158. The Balaban J connectivity index is 2.98. The Morgan fingerprint density at radius 3 is 2.56 bits per heavy atom. The van der Waals surface area contributed by atoms with E-state index in [0.717, 1.165) is 0 Å². The number of hydrogen-bond acceptors (Lipinski definition) is 4. The van der Waals surface area contributed by atoms with Gasteiger partial charge in [0.2, 0.25) is 5.89 Å². The van der Waals surface area contributed by atoms with Gasteiger partial charge < -0.3 is 4.42 Å². The van der Waals surface area contributed by atoms with Gasteiger partial charge in [0.15, 0.2) is 0 Å². The fourth-order valence-electron chi connectivity index (χ4n) is 0.376. The summed E-state index contributed by atoms with van der Waals surface area (Å²) < 4.78 is 4.64. The summed E-state index contributed by atoms with van der Waals surface area (Å²) in [6.07, 6.45) is 0. The average Bonchev–Trinajstić information content (AvgIpc) is 2.14. The third-order valence-electron chi connectivity index (χ3n) is 0.694. The molecule has 0 atom stereocenters. The second kappa shape index (κ2) is 2.14. The van der Waals surface area contributed by atoms with Crippen molar-refractivity contribution >= 4 is 16.8 Å². The monoisotopic (exact) mass is 146 g/mol. The van der Waals surface area contributed by atoms with Crippen molar-refractivity contribution in [2.45, 2.75) is 6.92 Å². The van der Waals surface area contributed by atoms with E-state index in [1.807, 2.05) is 0 Å². The van der Waals surface area contributed by atoms with Gasteiger partial charge in [-0.3, -0.25) is 4.79 Å². The number of hydrogen-bond donors (Lipinski definition) is 0. The van der Waals surface area contributed by atoms with Crippen LogP contribution in [-0.4, -0.2) is 15.4 Å². The molecule has 5 heteroatoms. The molecule has 0 saturated heterocycles. The van der Waals surface area contributed by atoms with Crippen LogP contribution in [0.4, 0.5) is 0 Å². The number of halogens is 1.